The molecular weight excluding hydrogens is 433 g/mol. The first-order chi connectivity index (χ1) is 13.4. The zero-order valence-electron chi connectivity index (χ0n) is 15.1. The van der Waals surface area contributed by atoms with Gasteiger partial charge < -0.3 is 0 Å². The van der Waals surface area contributed by atoms with Crippen LogP contribution >= 0.6 is 45.9 Å². The Morgan fingerprint density at radius 1 is 1.11 bits per heavy atom. The van der Waals surface area contributed by atoms with Crippen LogP contribution in [0.1, 0.15) is 27.2 Å². The maximum absolute atomic E-state index is 13.4. The molecule has 0 saturated carbocycles. The van der Waals surface area contributed by atoms with E-state index >= 15 is 0 Å². The molecular formula is C20H15Cl2N3OS2. The van der Waals surface area contributed by atoms with Crippen LogP contribution in [0.25, 0.3) is 10.2 Å². The van der Waals surface area contributed by atoms with E-state index in [2.05, 4.69) is 11.1 Å². The lowest BCUT2D eigenvalue weighted by atomic mass is 10.1. The Bertz CT molecular complexity index is 1130. The SMILES string of the molecule is Cc1ccc(C)c2sc(N(Cc3ccccn3)C(=O)c3cc(Cl)sc3Cl)nc12. The number of carbonyl (C=O) groups is 1. The molecule has 4 rings (SSSR count). The fourth-order valence-electron chi connectivity index (χ4n) is 2.87. The molecule has 142 valence electrons. The topological polar surface area (TPSA) is 46.1 Å². The van der Waals surface area contributed by atoms with Gasteiger partial charge in [0.1, 0.15) is 4.34 Å². The van der Waals surface area contributed by atoms with Gasteiger partial charge in [0.15, 0.2) is 5.13 Å². The minimum atomic E-state index is -0.242. The van der Waals surface area contributed by atoms with Crippen molar-refractivity contribution in [1.82, 2.24) is 9.97 Å². The highest BCUT2D eigenvalue weighted by Crippen LogP contribution is 2.37. The molecule has 0 aliphatic carbocycles. The van der Waals surface area contributed by atoms with Crippen molar-refractivity contribution < 1.29 is 4.79 Å². The van der Waals surface area contributed by atoms with E-state index in [9.17, 15) is 4.79 Å². The van der Waals surface area contributed by atoms with Crippen LogP contribution in [0.5, 0.6) is 0 Å². The van der Waals surface area contributed by atoms with Crippen LogP contribution in [0.15, 0.2) is 42.6 Å². The molecule has 4 aromatic rings. The molecule has 0 aliphatic heterocycles. The zero-order valence-corrected chi connectivity index (χ0v) is 18.2. The number of thiophene rings is 1. The van der Waals surface area contributed by atoms with E-state index in [0.717, 1.165) is 27.0 Å². The van der Waals surface area contributed by atoms with Crippen LogP contribution in [0.2, 0.25) is 8.67 Å². The highest BCUT2D eigenvalue weighted by molar-refractivity contribution is 7.22. The predicted octanol–water partition coefficient (Wildman–Crippen LogP) is 6.52. The molecule has 8 heteroatoms. The van der Waals surface area contributed by atoms with Crippen molar-refractivity contribution in [3.8, 4) is 0 Å². The molecule has 0 aliphatic rings. The third-order valence-corrected chi connectivity index (χ3v) is 7.04. The van der Waals surface area contributed by atoms with Crippen molar-refractivity contribution in [2.24, 2.45) is 0 Å². The van der Waals surface area contributed by atoms with Crippen molar-refractivity contribution in [3.63, 3.8) is 0 Å². The number of hydrogen-bond acceptors (Lipinski definition) is 5. The number of benzene rings is 1. The second-order valence-corrected chi connectivity index (χ2v) is 9.59. The number of aryl methyl sites for hydroxylation is 2. The second-order valence-electron chi connectivity index (χ2n) is 6.32. The van der Waals surface area contributed by atoms with Gasteiger partial charge in [-0.1, -0.05) is 52.7 Å². The van der Waals surface area contributed by atoms with Crippen molar-refractivity contribution in [2.75, 3.05) is 4.90 Å². The van der Waals surface area contributed by atoms with E-state index in [1.807, 2.05) is 38.1 Å². The number of pyridine rings is 1. The van der Waals surface area contributed by atoms with Gasteiger partial charge in [-0.05, 0) is 43.2 Å². The Kier molecular flexibility index (Phi) is 5.38. The zero-order chi connectivity index (χ0) is 19.8. The van der Waals surface area contributed by atoms with E-state index in [1.165, 1.54) is 22.7 Å². The van der Waals surface area contributed by atoms with Gasteiger partial charge in [-0.25, -0.2) is 4.98 Å². The molecule has 0 atom stereocenters. The number of nitrogens with zero attached hydrogens (tertiary/aromatic N) is 3. The Labute approximate surface area is 180 Å². The van der Waals surface area contributed by atoms with Crippen molar-refractivity contribution in [1.29, 1.82) is 0 Å². The van der Waals surface area contributed by atoms with Crippen LogP contribution in [0.3, 0.4) is 0 Å². The summed E-state index contributed by atoms with van der Waals surface area (Å²) in [5, 5.41) is 0.612. The van der Waals surface area contributed by atoms with E-state index in [-0.39, 0.29) is 5.91 Å². The first-order valence-corrected chi connectivity index (χ1v) is 10.9. The number of carbonyl (C=O) groups excluding carboxylic acids is 1. The van der Waals surface area contributed by atoms with Crippen LogP contribution in [-0.2, 0) is 6.54 Å². The number of fused-ring (bicyclic) bond motifs is 1. The third-order valence-electron chi connectivity index (χ3n) is 4.34. The van der Waals surface area contributed by atoms with Crippen LogP contribution in [0, 0.1) is 13.8 Å². The van der Waals surface area contributed by atoms with Crippen LogP contribution in [0.4, 0.5) is 5.13 Å². The predicted molar refractivity (Wildman–Crippen MR) is 118 cm³/mol. The summed E-state index contributed by atoms with van der Waals surface area (Å²) in [4.78, 5) is 24.1. The van der Waals surface area contributed by atoms with Gasteiger partial charge in [-0.15, -0.1) is 11.3 Å². The number of anilines is 1. The molecule has 0 bridgehead atoms. The second kappa shape index (κ2) is 7.79. The minimum absolute atomic E-state index is 0.242. The number of amides is 1. The van der Waals surface area contributed by atoms with Gasteiger partial charge in [0.2, 0.25) is 0 Å². The molecule has 0 radical (unpaired) electrons. The minimum Gasteiger partial charge on any atom is -0.278 e. The molecule has 1 aromatic carbocycles. The third kappa shape index (κ3) is 3.65. The molecule has 3 aromatic heterocycles. The average molecular weight is 448 g/mol. The maximum Gasteiger partial charge on any atom is 0.262 e. The number of rotatable bonds is 4. The highest BCUT2D eigenvalue weighted by atomic mass is 35.5. The molecule has 0 fully saturated rings. The Morgan fingerprint density at radius 3 is 2.54 bits per heavy atom. The lowest BCUT2D eigenvalue weighted by Crippen LogP contribution is -2.30. The number of thiazole rings is 1. The Morgan fingerprint density at radius 2 is 1.89 bits per heavy atom. The average Bonchev–Trinajstić information content (AvgIpc) is 3.27. The summed E-state index contributed by atoms with van der Waals surface area (Å²) in [7, 11) is 0. The fourth-order valence-corrected chi connectivity index (χ4v) is 5.43. The summed E-state index contributed by atoms with van der Waals surface area (Å²) < 4.78 is 1.92. The van der Waals surface area contributed by atoms with Crippen LogP contribution in [-0.4, -0.2) is 15.9 Å². The molecule has 3 heterocycles. The number of halogens is 2. The molecule has 28 heavy (non-hydrogen) atoms. The molecule has 0 unspecified atom stereocenters. The summed E-state index contributed by atoms with van der Waals surface area (Å²) in [5.74, 6) is -0.242. The molecule has 0 saturated heterocycles. The normalized spacial score (nSPS) is 11.1. The van der Waals surface area contributed by atoms with Crippen LogP contribution < -0.4 is 4.90 Å². The molecule has 1 amide bonds. The van der Waals surface area contributed by atoms with Gasteiger partial charge in [-0.2, -0.15) is 0 Å². The van der Waals surface area contributed by atoms with E-state index < -0.39 is 0 Å². The monoisotopic (exact) mass is 447 g/mol. The largest absolute Gasteiger partial charge is 0.278 e. The summed E-state index contributed by atoms with van der Waals surface area (Å²) >= 11 is 15.0. The number of aromatic nitrogens is 2. The van der Waals surface area contributed by atoms with Gasteiger partial charge in [-0.3, -0.25) is 14.7 Å². The van der Waals surface area contributed by atoms with Gasteiger partial charge >= 0.3 is 0 Å². The van der Waals surface area contributed by atoms with Gasteiger partial charge in [0.25, 0.3) is 5.91 Å². The lowest BCUT2D eigenvalue weighted by molar-refractivity contribution is 0.0985. The van der Waals surface area contributed by atoms with E-state index in [4.69, 9.17) is 28.2 Å². The summed E-state index contributed by atoms with van der Waals surface area (Å²) in [5.41, 5.74) is 4.26. The number of hydrogen-bond donors (Lipinski definition) is 0. The summed E-state index contributed by atoms with van der Waals surface area (Å²) in [6.45, 7) is 4.36. The van der Waals surface area contributed by atoms with Crippen molar-refractivity contribution in [3.05, 3.63) is 73.7 Å². The lowest BCUT2D eigenvalue weighted by Gasteiger charge is -2.19. The summed E-state index contributed by atoms with van der Waals surface area (Å²) in [6.07, 6.45) is 1.71. The first-order valence-electron chi connectivity index (χ1n) is 8.47. The molecule has 0 N–H and O–H groups in total. The smallest absolute Gasteiger partial charge is 0.262 e. The molecule has 4 nitrogen and oxygen atoms in total. The fraction of sp³-hybridized carbons (Fsp3) is 0.150. The summed E-state index contributed by atoms with van der Waals surface area (Å²) in [6, 6.07) is 11.3. The quantitative estimate of drug-likeness (QED) is 0.357. The van der Waals surface area contributed by atoms with Crippen molar-refractivity contribution >= 4 is 67.1 Å². The first kappa shape index (κ1) is 19.3. The van der Waals surface area contributed by atoms with E-state index in [1.54, 1.807) is 17.2 Å². The Hall–Kier alpha value is -1.99. The Balaban J connectivity index is 1.83. The molecule has 0 spiro atoms. The highest BCUT2D eigenvalue weighted by Gasteiger charge is 2.26. The van der Waals surface area contributed by atoms with Crippen molar-refractivity contribution in [2.45, 2.75) is 20.4 Å². The standard InChI is InChI=1S/C20H15Cl2N3OS2/c1-11-6-7-12(2)17-16(11)24-20(28-17)25(10-13-5-3-4-8-23-13)19(26)14-9-15(21)27-18(14)22/h3-9H,10H2,1-2H3. The van der Waals surface area contributed by atoms with Gasteiger partial charge in [0.05, 0.1) is 32.4 Å². The van der Waals surface area contributed by atoms with Gasteiger partial charge in [0, 0.05) is 6.20 Å². The maximum atomic E-state index is 13.4. The van der Waals surface area contributed by atoms with E-state index in [0.29, 0.717) is 25.9 Å².